The molecule has 0 bridgehead atoms. The topological polar surface area (TPSA) is 126 Å². The number of carbonyl (C=O) groups excluding carboxylic acids is 1. The second-order valence-corrected chi connectivity index (χ2v) is 13.8. The molecule has 1 aromatic carbocycles. The van der Waals surface area contributed by atoms with Gasteiger partial charge in [0, 0.05) is 51.1 Å². The number of rotatable bonds is 9. The first-order valence-electron chi connectivity index (χ1n) is 15.0. The molecule has 234 valence electrons. The van der Waals surface area contributed by atoms with E-state index in [0.29, 0.717) is 18.9 Å². The number of anilines is 1. The Morgan fingerprint density at radius 3 is 2.62 bits per heavy atom. The average Bonchev–Trinajstić information content (AvgIpc) is 3.64. The average molecular weight is 606 g/mol. The number of aliphatic hydroxyl groups excluding tert-OH is 1. The fourth-order valence-electron chi connectivity index (χ4n) is 5.31. The van der Waals surface area contributed by atoms with Crippen molar-refractivity contribution in [2.45, 2.75) is 76.2 Å². The van der Waals surface area contributed by atoms with Crippen LogP contribution >= 0.6 is 0 Å². The molecule has 2 aliphatic rings. The molecule has 4 atom stereocenters. The summed E-state index contributed by atoms with van der Waals surface area (Å²) in [4.78, 5) is 22.2. The Bertz CT molecular complexity index is 1300. The predicted octanol–water partition coefficient (Wildman–Crippen LogP) is 3.36. The Balaban J connectivity index is 1.65. The van der Waals surface area contributed by atoms with Gasteiger partial charge in [0.15, 0.2) is 5.03 Å². The molecule has 1 aliphatic heterocycles. The van der Waals surface area contributed by atoms with Gasteiger partial charge in [-0.2, -0.15) is 8.42 Å². The number of likely N-dealkylation sites (N-methyl/N-ethyl adjacent to an activating group) is 1. The number of nitrogens with one attached hydrogen (secondary N) is 1. The lowest BCUT2D eigenvalue weighted by Crippen LogP contribution is -2.47. The molecule has 12 heteroatoms. The maximum atomic E-state index is 14.2. The lowest BCUT2D eigenvalue weighted by Gasteiger charge is -2.36. The van der Waals surface area contributed by atoms with Crippen LogP contribution in [0.2, 0.25) is 0 Å². The minimum Gasteiger partial charge on any atom is -0.490 e. The second kappa shape index (κ2) is 14.2. The van der Waals surface area contributed by atoms with Gasteiger partial charge in [0.25, 0.3) is 15.9 Å². The molecule has 2 heterocycles. The van der Waals surface area contributed by atoms with Crippen molar-refractivity contribution >= 4 is 21.6 Å². The highest BCUT2D eigenvalue weighted by Gasteiger charge is 2.31. The van der Waals surface area contributed by atoms with Gasteiger partial charge < -0.3 is 28.9 Å². The summed E-state index contributed by atoms with van der Waals surface area (Å²) in [6.07, 6.45) is 7.73. The maximum absolute atomic E-state index is 14.2. The molecule has 1 saturated carbocycles. The number of aryl methyl sites for hydroxylation is 1. The van der Waals surface area contributed by atoms with Crippen molar-refractivity contribution < 1.29 is 27.8 Å². The highest BCUT2D eigenvalue weighted by Crippen LogP contribution is 2.31. The van der Waals surface area contributed by atoms with E-state index in [4.69, 9.17) is 9.47 Å². The fraction of sp³-hybridized carbons (Fsp3) is 0.667. The second-order valence-electron chi connectivity index (χ2n) is 12.2. The van der Waals surface area contributed by atoms with E-state index in [0.717, 1.165) is 38.3 Å². The van der Waals surface area contributed by atoms with Crippen LogP contribution in [0.1, 0.15) is 63.2 Å². The molecule has 2 N–H and O–H groups in total. The SMILES string of the molecule is C[C@H](CO)N1C[C@H](C)[C@H](CN(C)CC2CC2)OCCCC[C@H](C)Oc2ccc(NS(=O)(=O)c3cn(C)cn3)cc2C1=O. The first-order valence-corrected chi connectivity index (χ1v) is 16.5. The quantitative estimate of drug-likeness (QED) is 0.446. The molecule has 0 radical (unpaired) electrons. The molecule has 0 saturated heterocycles. The van der Waals surface area contributed by atoms with Crippen molar-refractivity contribution in [3.8, 4) is 5.75 Å². The lowest BCUT2D eigenvalue weighted by atomic mass is 10.0. The third kappa shape index (κ3) is 8.68. The molecule has 4 rings (SSSR count). The van der Waals surface area contributed by atoms with Gasteiger partial charge in [-0.3, -0.25) is 9.52 Å². The number of nitrogens with zero attached hydrogens (tertiary/aromatic N) is 4. The van der Waals surface area contributed by atoms with Gasteiger partial charge in [-0.15, -0.1) is 0 Å². The number of sulfonamides is 1. The van der Waals surface area contributed by atoms with Crippen molar-refractivity contribution in [2.75, 3.05) is 44.6 Å². The number of fused-ring (bicyclic) bond motifs is 1. The number of ether oxygens (including phenoxy) is 2. The molecule has 1 aromatic heterocycles. The Morgan fingerprint density at radius 2 is 1.95 bits per heavy atom. The number of imidazole rings is 1. The summed E-state index contributed by atoms with van der Waals surface area (Å²) in [5.74, 6) is 0.789. The summed E-state index contributed by atoms with van der Waals surface area (Å²) in [6, 6.07) is 4.26. The number of aromatic nitrogens is 2. The number of carbonyl (C=O) groups is 1. The highest BCUT2D eigenvalue weighted by molar-refractivity contribution is 7.92. The third-order valence-corrected chi connectivity index (χ3v) is 9.28. The Kier molecular flexibility index (Phi) is 10.9. The zero-order valence-corrected chi connectivity index (χ0v) is 26.3. The smallest absolute Gasteiger partial charge is 0.280 e. The largest absolute Gasteiger partial charge is 0.490 e. The summed E-state index contributed by atoms with van der Waals surface area (Å²) in [5.41, 5.74) is 0.452. The normalized spacial score (nSPS) is 23.6. The van der Waals surface area contributed by atoms with Gasteiger partial charge in [-0.1, -0.05) is 6.92 Å². The van der Waals surface area contributed by atoms with Crippen molar-refractivity contribution in [2.24, 2.45) is 18.9 Å². The van der Waals surface area contributed by atoms with Crippen LogP contribution in [0.15, 0.2) is 35.7 Å². The van der Waals surface area contributed by atoms with Crippen molar-refractivity contribution in [3.05, 3.63) is 36.3 Å². The van der Waals surface area contributed by atoms with E-state index in [1.807, 2.05) is 6.92 Å². The third-order valence-electron chi connectivity index (χ3n) is 8.02. The predicted molar refractivity (Wildman–Crippen MR) is 161 cm³/mol. The first kappa shape index (κ1) is 32.2. The minimum atomic E-state index is -3.97. The molecular formula is C30H47N5O6S. The van der Waals surface area contributed by atoms with Gasteiger partial charge in [0.2, 0.25) is 0 Å². The van der Waals surface area contributed by atoms with Crippen LogP contribution in [0.3, 0.4) is 0 Å². The van der Waals surface area contributed by atoms with Gasteiger partial charge in [-0.25, -0.2) is 4.98 Å². The Morgan fingerprint density at radius 1 is 1.19 bits per heavy atom. The van der Waals surface area contributed by atoms with Crippen molar-refractivity contribution in [3.63, 3.8) is 0 Å². The van der Waals surface area contributed by atoms with Gasteiger partial charge >= 0.3 is 0 Å². The van der Waals surface area contributed by atoms with Gasteiger partial charge in [0.05, 0.1) is 36.7 Å². The first-order chi connectivity index (χ1) is 20.0. The molecule has 1 fully saturated rings. The fourth-order valence-corrected chi connectivity index (χ4v) is 6.34. The number of hydrogen-bond donors (Lipinski definition) is 2. The van der Waals surface area contributed by atoms with Crippen LogP contribution in [-0.2, 0) is 21.8 Å². The van der Waals surface area contributed by atoms with E-state index < -0.39 is 16.1 Å². The van der Waals surface area contributed by atoms with Crippen LogP contribution in [0.4, 0.5) is 5.69 Å². The Labute approximate surface area is 250 Å². The standard InChI is InChI=1S/C30H47N5O6S/c1-21-15-35(22(2)19-36)30(37)26-14-25(32-42(38,39)29-18-34(5)20-31-29)11-12-27(26)41-23(3)8-6-7-13-40-28(21)17-33(4)16-24-9-10-24/h11-12,14,18,20-24,28,32,36H,6-10,13,15-17,19H2,1-5H3/t21-,22+,23-,28-/m0/s1. The maximum Gasteiger partial charge on any atom is 0.280 e. The van der Waals surface area contributed by atoms with Crippen molar-refractivity contribution in [1.29, 1.82) is 0 Å². The van der Waals surface area contributed by atoms with E-state index in [1.54, 1.807) is 35.6 Å². The molecule has 2 aromatic rings. The van der Waals surface area contributed by atoms with Crippen LogP contribution in [0.5, 0.6) is 5.75 Å². The summed E-state index contributed by atoms with van der Waals surface area (Å²) in [7, 11) is -0.156. The number of amides is 1. The van der Waals surface area contributed by atoms with Gasteiger partial charge in [0.1, 0.15) is 5.75 Å². The van der Waals surface area contributed by atoms with E-state index in [2.05, 4.69) is 28.6 Å². The molecule has 0 unspecified atom stereocenters. The zero-order valence-electron chi connectivity index (χ0n) is 25.5. The van der Waals surface area contributed by atoms with Crippen LogP contribution < -0.4 is 9.46 Å². The number of aliphatic hydroxyl groups is 1. The molecular weight excluding hydrogens is 558 g/mol. The molecule has 1 aliphatic carbocycles. The molecule has 0 spiro atoms. The summed E-state index contributed by atoms with van der Waals surface area (Å²) >= 11 is 0. The monoisotopic (exact) mass is 605 g/mol. The lowest BCUT2D eigenvalue weighted by molar-refractivity contribution is -0.0172. The number of benzene rings is 1. The Hall–Kier alpha value is -2.67. The van der Waals surface area contributed by atoms with E-state index in [9.17, 15) is 18.3 Å². The highest BCUT2D eigenvalue weighted by atomic mass is 32.2. The summed E-state index contributed by atoms with van der Waals surface area (Å²) in [6.45, 7) is 8.45. The summed E-state index contributed by atoms with van der Waals surface area (Å²) in [5, 5.41) is 10.0. The molecule has 1 amide bonds. The van der Waals surface area contributed by atoms with E-state index >= 15 is 0 Å². The van der Waals surface area contributed by atoms with Gasteiger partial charge in [-0.05, 0) is 77.1 Å². The summed E-state index contributed by atoms with van der Waals surface area (Å²) < 4.78 is 42.7. The molecule has 42 heavy (non-hydrogen) atoms. The zero-order chi connectivity index (χ0) is 30.4. The minimum absolute atomic E-state index is 0.0123. The van der Waals surface area contributed by atoms with Crippen LogP contribution in [-0.4, -0.2) is 96.9 Å². The van der Waals surface area contributed by atoms with E-state index in [-0.39, 0.29) is 46.9 Å². The number of hydrogen-bond acceptors (Lipinski definition) is 8. The van der Waals surface area contributed by atoms with Crippen LogP contribution in [0.25, 0.3) is 0 Å². The van der Waals surface area contributed by atoms with E-state index in [1.165, 1.54) is 31.4 Å². The molecule has 11 nitrogen and oxygen atoms in total. The van der Waals surface area contributed by atoms with Crippen molar-refractivity contribution in [1.82, 2.24) is 19.4 Å². The van der Waals surface area contributed by atoms with Crippen LogP contribution in [0, 0.1) is 11.8 Å².